The van der Waals surface area contributed by atoms with Gasteiger partial charge in [-0.15, -0.1) is 0 Å². The summed E-state index contributed by atoms with van der Waals surface area (Å²) in [6, 6.07) is 12.5. The van der Waals surface area contributed by atoms with Crippen LogP contribution in [0.1, 0.15) is 5.56 Å². The highest BCUT2D eigenvalue weighted by atomic mass is 19.1. The quantitative estimate of drug-likeness (QED) is 0.354. The Bertz CT molecular complexity index is 1150. The average Bonchev–Trinajstić information content (AvgIpc) is 2.94. The molecular formula is C20H14FN2O+. The minimum absolute atomic E-state index is 0.200. The van der Waals surface area contributed by atoms with Crippen molar-refractivity contribution in [3.63, 3.8) is 0 Å². The van der Waals surface area contributed by atoms with E-state index in [1.807, 2.05) is 49.0 Å². The monoisotopic (exact) mass is 317 g/mol. The molecule has 0 saturated heterocycles. The number of furan rings is 1. The second-order valence-corrected chi connectivity index (χ2v) is 5.82. The van der Waals surface area contributed by atoms with Gasteiger partial charge in [-0.05, 0) is 30.7 Å². The summed E-state index contributed by atoms with van der Waals surface area (Å²) in [4.78, 5) is 3.78. The fourth-order valence-electron chi connectivity index (χ4n) is 3.25. The third-order valence-electron chi connectivity index (χ3n) is 4.33. The number of hydrogen-bond acceptors (Lipinski definition) is 1. The van der Waals surface area contributed by atoms with Crippen LogP contribution in [0.3, 0.4) is 0 Å². The Hall–Kier alpha value is -3.19. The van der Waals surface area contributed by atoms with Crippen molar-refractivity contribution >= 4 is 27.6 Å². The number of pyridine rings is 1. The van der Waals surface area contributed by atoms with Crippen LogP contribution >= 0.6 is 0 Å². The zero-order valence-corrected chi connectivity index (χ0v) is 13.3. The fraction of sp³-hybridized carbons (Fsp3) is 0.100. The molecule has 0 aliphatic carbocycles. The minimum Gasteiger partial charge on any atom is -0.454 e. The lowest BCUT2D eigenvalue weighted by molar-refractivity contribution is -0.660. The number of benzene rings is 2. The maximum absolute atomic E-state index is 14.1. The van der Waals surface area contributed by atoms with E-state index in [9.17, 15) is 4.39 Å². The number of aromatic nitrogens is 1. The minimum atomic E-state index is -0.413. The maximum atomic E-state index is 14.1. The Balaban J connectivity index is 2.22. The zero-order chi connectivity index (χ0) is 16.8. The van der Waals surface area contributed by atoms with Gasteiger partial charge < -0.3 is 4.42 Å². The van der Waals surface area contributed by atoms with Crippen LogP contribution in [-0.2, 0) is 7.05 Å². The van der Waals surface area contributed by atoms with E-state index in [0.717, 1.165) is 16.8 Å². The Morgan fingerprint density at radius 2 is 2.00 bits per heavy atom. The summed E-state index contributed by atoms with van der Waals surface area (Å²) >= 11 is 0. The third kappa shape index (κ3) is 1.92. The zero-order valence-electron chi connectivity index (χ0n) is 13.3. The first-order chi connectivity index (χ1) is 11.6. The summed E-state index contributed by atoms with van der Waals surface area (Å²) < 4.78 is 21.8. The SMILES string of the molecule is [C-]#[N+]c1c(-c2cccc[n+]2C)c(C)cc2oc3c(F)cccc3c12. The first-order valence-electron chi connectivity index (χ1n) is 7.58. The molecule has 4 heteroatoms. The van der Waals surface area contributed by atoms with E-state index < -0.39 is 5.82 Å². The molecule has 4 aromatic rings. The van der Waals surface area contributed by atoms with Gasteiger partial charge in [-0.25, -0.2) is 13.8 Å². The molecular weight excluding hydrogens is 303 g/mol. The second kappa shape index (κ2) is 5.17. The second-order valence-electron chi connectivity index (χ2n) is 5.82. The molecule has 2 aromatic heterocycles. The maximum Gasteiger partial charge on any atom is 0.212 e. The Kier molecular flexibility index (Phi) is 3.10. The van der Waals surface area contributed by atoms with Crippen molar-refractivity contribution in [3.8, 4) is 11.3 Å². The molecule has 3 nitrogen and oxygen atoms in total. The molecule has 0 unspecified atom stereocenters. The number of hydrogen-bond donors (Lipinski definition) is 0. The summed E-state index contributed by atoms with van der Waals surface area (Å²) in [5.41, 5.74) is 3.96. The number of fused-ring (bicyclic) bond motifs is 3. The van der Waals surface area contributed by atoms with E-state index in [4.69, 9.17) is 11.0 Å². The largest absolute Gasteiger partial charge is 0.454 e. The summed E-state index contributed by atoms with van der Waals surface area (Å²) in [5.74, 6) is -0.413. The van der Waals surface area contributed by atoms with Crippen LogP contribution in [0.4, 0.5) is 10.1 Å². The lowest BCUT2D eigenvalue weighted by Crippen LogP contribution is -2.30. The van der Waals surface area contributed by atoms with Crippen molar-refractivity contribution in [1.82, 2.24) is 0 Å². The molecule has 0 saturated carbocycles. The molecule has 0 N–H and O–H groups in total. The van der Waals surface area contributed by atoms with Crippen LogP contribution in [0.5, 0.6) is 0 Å². The van der Waals surface area contributed by atoms with Crippen molar-refractivity contribution < 1.29 is 13.4 Å². The smallest absolute Gasteiger partial charge is 0.212 e. The van der Waals surface area contributed by atoms with Gasteiger partial charge in [-0.3, -0.25) is 0 Å². The number of halogens is 1. The topological polar surface area (TPSA) is 21.4 Å². The fourth-order valence-corrected chi connectivity index (χ4v) is 3.25. The van der Waals surface area contributed by atoms with Crippen LogP contribution in [0.15, 0.2) is 53.1 Å². The predicted molar refractivity (Wildman–Crippen MR) is 91.3 cm³/mol. The van der Waals surface area contributed by atoms with Crippen molar-refractivity contribution in [1.29, 1.82) is 0 Å². The van der Waals surface area contributed by atoms with Crippen LogP contribution in [0, 0.1) is 19.3 Å². The highest BCUT2D eigenvalue weighted by Gasteiger charge is 2.23. The number of para-hydroxylation sites is 1. The van der Waals surface area contributed by atoms with Gasteiger partial charge in [-0.2, -0.15) is 0 Å². The van der Waals surface area contributed by atoms with Crippen molar-refractivity contribution in [2.45, 2.75) is 6.92 Å². The molecule has 4 rings (SSSR count). The first-order valence-corrected chi connectivity index (χ1v) is 7.58. The Morgan fingerprint density at radius 1 is 1.17 bits per heavy atom. The lowest BCUT2D eigenvalue weighted by atomic mass is 9.98. The van der Waals surface area contributed by atoms with Gasteiger partial charge >= 0.3 is 0 Å². The summed E-state index contributed by atoms with van der Waals surface area (Å²) in [6.07, 6.45) is 1.94. The number of nitrogens with zero attached hydrogens (tertiary/aromatic N) is 2. The molecule has 2 aromatic carbocycles. The molecule has 116 valence electrons. The van der Waals surface area contributed by atoms with Crippen LogP contribution in [0.25, 0.3) is 38.0 Å². The normalized spacial score (nSPS) is 11.1. The number of rotatable bonds is 1. The van der Waals surface area contributed by atoms with Crippen LogP contribution in [0.2, 0.25) is 0 Å². The molecule has 0 atom stereocenters. The third-order valence-corrected chi connectivity index (χ3v) is 4.33. The van der Waals surface area contributed by atoms with Gasteiger partial charge in [0.25, 0.3) is 0 Å². The Labute approximate surface area is 138 Å². The van der Waals surface area contributed by atoms with Gasteiger partial charge in [0, 0.05) is 22.9 Å². The van der Waals surface area contributed by atoms with E-state index in [1.165, 1.54) is 6.07 Å². The average molecular weight is 317 g/mol. The van der Waals surface area contributed by atoms with E-state index in [1.54, 1.807) is 12.1 Å². The van der Waals surface area contributed by atoms with Crippen molar-refractivity contribution in [3.05, 3.63) is 71.5 Å². The standard InChI is InChI=1S/C20H14FN2O/c1-12-11-16-18(13-7-6-8-14(21)20(13)24-16)19(22-2)17(12)15-9-4-5-10-23(15)3/h4-11H,1,3H3/q+1. The Morgan fingerprint density at radius 3 is 2.75 bits per heavy atom. The van der Waals surface area contributed by atoms with E-state index in [2.05, 4.69) is 4.85 Å². The van der Waals surface area contributed by atoms with Crippen molar-refractivity contribution in [2.75, 3.05) is 0 Å². The van der Waals surface area contributed by atoms with Crippen LogP contribution < -0.4 is 4.57 Å². The van der Waals surface area contributed by atoms with E-state index in [-0.39, 0.29) is 5.58 Å². The molecule has 0 aliphatic heterocycles. The first kappa shape index (κ1) is 14.4. The lowest BCUT2D eigenvalue weighted by Gasteiger charge is -2.08. The summed E-state index contributed by atoms with van der Waals surface area (Å²) in [6.45, 7) is 9.68. The molecule has 0 bridgehead atoms. The highest BCUT2D eigenvalue weighted by molar-refractivity contribution is 6.15. The van der Waals surface area contributed by atoms with Crippen molar-refractivity contribution in [2.24, 2.45) is 7.05 Å². The van der Waals surface area contributed by atoms with Crippen LogP contribution in [-0.4, -0.2) is 0 Å². The molecule has 2 heterocycles. The van der Waals surface area contributed by atoms with Gasteiger partial charge in [-0.1, -0.05) is 12.1 Å². The predicted octanol–water partition coefficient (Wildman–Crippen LogP) is 5.08. The highest BCUT2D eigenvalue weighted by Crippen LogP contribution is 2.43. The van der Waals surface area contributed by atoms with E-state index in [0.29, 0.717) is 22.0 Å². The molecule has 0 radical (unpaired) electrons. The summed E-state index contributed by atoms with van der Waals surface area (Å²) in [7, 11) is 1.94. The number of aryl methyl sites for hydroxylation is 2. The molecule has 0 aliphatic rings. The molecule has 0 spiro atoms. The molecule has 0 fully saturated rings. The summed E-state index contributed by atoms with van der Waals surface area (Å²) in [5, 5.41) is 1.31. The van der Waals surface area contributed by atoms with E-state index >= 15 is 0 Å². The van der Waals surface area contributed by atoms with Gasteiger partial charge in [0.15, 0.2) is 17.6 Å². The van der Waals surface area contributed by atoms with Gasteiger partial charge in [0.1, 0.15) is 12.6 Å². The van der Waals surface area contributed by atoms with Gasteiger partial charge in [0.05, 0.1) is 12.1 Å². The van der Waals surface area contributed by atoms with Gasteiger partial charge in [0.2, 0.25) is 11.4 Å². The molecule has 0 amide bonds. The molecule has 24 heavy (non-hydrogen) atoms.